The van der Waals surface area contributed by atoms with Crippen LogP contribution in [-0.2, 0) is 33.4 Å². The average molecular weight is 347 g/mol. The largest absolute Gasteiger partial charge is 0.462 e. The summed E-state index contributed by atoms with van der Waals surface area (Å²) < 4.78 is 8.99. The van der Waals surface area contributed by atoms with E-state index in [2.05, 4.69) is 9.47 Å². The highest BCUT2D eigenvalue weighted by molar-refractivity contribution is 5.91. The SMILES string of the molecule is NC(=O)CC[C@H](N)C(=O)OC(=O)[C@@H](N)COC(=O)[C@@H](N)CC(N)=O. The maximum absolute atomic E-state index is 11.5. The lowest BCUT2D eigenvalue weighted by Crippen LogP contribution is -2.44. The van der Waals surface area contributed by atoms with Crippen LogP contribution in [-0.4, -0.2) is 54.5 Å². The summed E-state index contributed by atoms with van der Waals surface area (Å²) in [6.07, 6.45) is -0.703. The molecular weight excluding hydrogens is 326 g/mol. The van der Waals surface area contributed by atoms with Crippen LogP contribution in [0.1, 0.15) is 19.3 Å². The average Bonchev–Trinajstić information content (AvgIpc) is 2.48. The number of carbonyl (C=O) groups excluding carboxylic acids is 5. The number of ether oxygens (including phenoxy) is 2. The van der Waals surface area contributed by atoms with Gasteiger partial charge in [0.2, 0.25) is 11.8 Å². The van der Waals surface area contributed by atoms with Crippen molar-refractivity contribution >= 4 is 29.7 Å². The van der Waals surface area contributed by atoms with Gasteiger partial charge in [-0.25, -0.2) is 9.59 Å². The molecule has 0 heterocycles. The molecule has 10 N–H and O–H groups in total. The van der Waals surface area contributed by atoms with Crippen LogP contribution in [0.3, 0.4) is 0 Å². The molecule has 0 aromatic carbocycles. The Morgan fingerprint density at radius 3 is 1.79 bits per heavy atom. The number of nitrogens with two attached hydrogens (primary N) is 5. The smallest absolute Gasteiger partial charge is 0.334 e. The maximum Gasteiger partial charge on any atom is 0.334 e. The molecule has 136 valence electrons. The number of carbonyl (C=O) groups is 5. The summed E-state index contributed by atoms with van der Waals surface area (Å²) in [7, 11) is 0. The number of hydrogen-bond donors (Lipinski definition) is 5. The molecule has 12 nitrogen and oxygen atoms in total. The fraction of sp³-hybridized carbons (Fsp3) is 0.583. The number of esters is 3. The Morgan fingerprint density at radius 2 is 1.29 bits per heavy atom. The van der Waals surface area contributed by atoms with Crippen molar-refractivity contribution in [2.75, 3.05) is 6.61 Å². The van der Waals surface area contributed by atoms with E-state index in [9.17, 15) is 24.0 Å². The second-order valence-corrected chi connectivity index (χ2v) is 4.87. The first-order chi connectivity index (χ1) is 11.0. The van der Waals surface area contributed by atoms with E-state index >= 15 is 0 Å². The third-order valence-corrected chi connectivity index (χ3v) is 2.64. The number of rotatable bonds is 10. The van der Waals surface area contributed by atoms with Crippen LogP contribution in [0, 0.1) is 0 Å². The van der Waals surface area contributed by atoms with Crippen molar-refractivity contribution in [1.82, 2.24) is 0 Å². The van der Waals surface area contributed by atoms with Crippen LogP contribution in [0.25, 0.3) is 0 Å². The lowest BCUT2D eigenvalue weighted by molar-refractivity contribution is -0.163. The minimum atomic E-state index is -1.47. The molecule has 0 fully saturated rings. The molecule has 0 aromatic rings. The molecule has 0 saturated heterocycles. The topological polar surface area (TPSA) is 234 Å². The van der Waals surface area contributed by atoms with Gasteiger partial charge in [-0.1, -0.05) is 0 Å². The summed E-state index contributed by atoms with van der Waals surface area (Å²) >= 11 is 0. The summed E-state index contributed by atoms with van der Waals surface area (Å²) in [5.41, 5.74) is 25.9. The van der Waals surface area contributed by atoms with Crippen molar-refractivity contribution in [1.29, 1.82) is 0 Å². The van der Waals surface area contributed by atoms with Crippen LogP contribution in [0.15, 0.2) is 0 Å². The van der Waals surface area contributed by atoms with E-state index in [0.29, 0.717) is 0 Å². The summed E-state index contributed by atoms with van der Waals surface area (Å²) in [6, 6.07) is -4.00. The van der Waals surface area contributed by atoms with Gasteiger partial charge >= 0.3 is 17.9 Å². The van der Waals surface area contributed by atoms with Crippen molar-refractivity contribution in [2.24, 2.45) is 28.7 Å². The zero-order valence-corrected chi connectivity index (χ0v) is 12.8. The minimum absolute atomic E-state index is 0.104. The predicted octanol–water partition coefficient (Wildman–Crippen LogP) is -4.28. The van der Waals surface area contributed by atoms with E-state index in [1.165, 1.54) is 0 Å². The van der Waals surface area contributed by atoms with Gasteiger partial charge in [0.05, 0.1) is 6.42 Å². The quantitative estimate of drug-likeness (QED) is 0.188. The van der Waals surface area contributed by atoms with Crippen LogP contribution in [0.2, 0.25) is 0 Å². The van der Waals surface area contributed by atoms with Gasteiger partial charge in [-0.05, 0) is 6.42 Å². The molecule has 0 aliphatic carbocycles. The first-order valence-corrected chi connectivity index (χ1v) is 6.80. The standard InChI is InChI=1S/C12H21N5O7/c13-5(1-2-8(16)18)11(21)24-12(22)7(15)4-23-10(20)6(14)3-9(17)19/h5-7H,1-4,13-15H2,(H2,16,18)(H2,17,19)/t5-,6-,7-/m0/s1. The molecule has 0 spiro atoms. The Morgan fingerprint density at radius 1 is 0.750 bits per heavy atom. The normalized spacial score (nSPS) is 14.1. The van der Waals surface area contributed by atoms with Gasteiger partial charge in [-0.3, -0.25) is 14.4 Å². The van der Waals surface area contributed by atoms with Crippen molar-refractivity contribution in [2.45, 2.75) is 37.4 Å². The first kappa shape index (κ1) is 21.4. The highest BCUT2D eigenvalue weighted by Gasteiger charge is 2.25. The fourth-order valence-corrected chi connectivity index (χ4v) is 1.31. The molecule has 0 bridgehead atoms. The molecule has 0 aliphatic heterocycles. The third kappa shape index (κ3) is 8.77. The van der Waals surface area contributed by atoms with Gasteiger partial charge in [0.25, 0.3) is 0 Å². The Labute approximate surface area is 136 Å². The minimum Gasteiger partial charge on any atom is -0.462 e. The second-order valence-electron chi connectivity index (χ2n) is 4.87. The lowest BCUT2D eigenvalue weighted by atomic mass is 10.1. The van der Waals surface area contributed by atoms with E-state index in [-0.39, 0.29) is 12.8 Å². The van der Waals surface area contributed by atoms with E-state index < -0.39 is 60.9 Å². The Balaban J connectivity index is 4.27. The zero-order chi connectivity index (χ0) is 18.9. The molecule has 0 saturated carbocycles. The summed E-state index contributed by atoms with van der Waals surface area (Å²) in [6.45, 7) is -0.631. The Kier molecular flexibility index (Phi) is 9.15. The van der Waals surface area contributed by atoms with Crippen LogP contribution in [0.5, 0.6) is 0 Å². The molecule has 0 unspecified atom stereocenters. The molecular formula is C12H21N5O7. The summed E-state index contributed by atoms with van der Waals surface area (Å²) in [5.74, 6) is -4.76. The number of hydrogen-bond acceptors (Lipinski definition) is 10. The fourth-order valence-electron chi connectivity index (χ4n) is 1.31. The van der Waals surface area contributed by atoms with Gasteiger partial charge in [0.1, 0.15) is 24.7 Å². The Hall–Kier alpha value is -2.57. The predicted molar refractivity (Wildman–Crippen MR) is 78.2 cm³/mol. The van der Waals surface area contributed by atoms with Crippen molar-refractivity contribution in [3.63, 3.8) is 0 Å². The lowest BCUT2D eigenvalue weighted by Gasteiger charge is -2.14. The van der Waals surface area contributed by atoms with E-state index in [1.807, 2.05) is 0 Å². The molecule has 24 heavy (non-hydrogen) atoms. The molecule has 0 aromatic heterocycles. The molecule has 3 atom stereocenters. The van der Waals surface area contributed by atoms with Gasteiger partial charge in [0, 0.05) is 6.42 Å². The molecule has 0 radical (unpaired) electrons. The van der Waals surface area contributed by atoms with E-state index in [1.54, 1.807) is 0 Å². The monoisotopic (exact) mass is 347 g/mol. The highest BCUT2D eigenvalue weighted by atomic mass is 16.6. The Bertz CT molecular complexity index is 510. The van der Waals surface area contributed by atoms with Gasteiger partial charge < -0.3 is 38.1 Å². The van der Waals surface area contributed by atoms with Gasteiger partial charge in [-0.2, -0.15) is 0 Å². The van der Waals surface area contributed by atoms with E-state index in [0.717, 1.165) is 0 Å². The summed E-state index contributed by atoms with van der Waals surface area (Å²) in [4.78, 5) is 55.6. The van der Waals surface area contributed by atoms with Gasteiger partial charge in [-0.15, -0.1) is 0 Å². The van der Waals surface area contributed by atoms with Crippen molar-refractivity contribution < 1.29 is 33.4 Å². The summed E-state index contributed by atoms with van der Waals surface area (Å²) in [5, 5.41) is 0. The molecule has 0 aliphatic rings. The third-order valence-electron chi connectivity index (χ3n) is 2.64. The van der Waals surface area contributed by atoms with Crippen LogP contribution >= 0.6 is 0 Å². The zero-order valence-electron chi connectivity index (χ0n) is 12.8. The maximum atomic E-state index is 11.5. The van der Waals surface area contributed by atoms with Gasteiger partial charge in [0.15, 0.2) is 0 Å². The van der Waals surface area contributed by atoms with Crippen molar-refractivity contribution in [3.8, 4) is 0 Å². The first-order valence-electron chi connectivity index (χ1n) is 6.80. The number of amides is 2. The molecule has 2 amide bonds. The molecule has 12 heteroatoms. The van der Waals surface area contributed by atoms with Crippen LogP contribution in [0.4, 0.5) is 0 Å². The van der Waals surface area contributed by atoms with Crippen molar-refractivity contribution in [3.05, 3.63) is 0 Å². The number of primary amides is 2. The molecule has 0 rings (SSSR count). The van der Waals surface area contributed by atoms with E-state index in [4.69, 9.17) is 28.7 Å². The highest BCUT2D eigenvalue weighted by Crippen LogP contribution is 1.99. The van der Waals surface area contributed by atoms with Crippen LogP contribution < -0.4 is 28.7 Å². The second kappa shape index (κ2) is 10.3.